The molecule has 1 heterocycles. The third-order valence-electron chi connectivity index (χ3n) is 4.50. The van der Waals surface area contributed by atoms with Crippen molar-refractivity contribution < 1.29 is 14.5 Å². The summed E-state index contributed by atoms with van der Waals surface area (Å²) in [4.78, 5) is 25.1. The van der Waals surface area contributed by atoms with E-state index in [0.29, 0.717) is 50.7 Å². The van der Waals surface area contributed by atoms with Crippen LogP contribution in [0.4, 0.5) is 11.4 Å². The number of hydrogen-bond acceptors (Lipinski definition) is 5. The molecule has 0 atom stereocenters. The van der Waals surface area contributed by atoms with Crippen LogP contribution >= 0.6 is 0 Å². The van der Waals surface area contributed by atoms with Crippen LogP contribution in [0, 0.1) is 22.0 Å². The molecule has 1 saturated heterocycles. The number of carbonyl (C=O) groups excluding carboxylic acids is 1. The van der Waals surface area contributed by atoms with Gasteiger partial charge in [0.2, 0.25) is 5.91 Å². The van der Waals surface area contributed by atoms with Crippen LogP contribution in [0.25, 0.3) is 0 Å². The van der Waals surface area contributed by atoms with Crippen molar-refractivity contribution in [1.29, 1.82) is 0 Å². The molecular weight excluding hydrogens is 334 g/mol. The molecule has 0 aliphatic carbocycles. The fourth-order valence-corrected chi connectivity index (χ4v) is 3.12. The molecule has 1 aromatic rings. The van der Waals surface area contributed by atoms with Gasteiger partial charge in [-0.1, -0.05) is 26.0 Å². The van der Waals surface area contributed by atoms with Gasteiger partial charge in [-0.3, -0.25) is 14.9 Å². The standard InChI is InChI=1S/C19H29N3O4/c1-15(2)14-26-13-5-10-20-19(23)16-8-11-21(12-9-16)17-6-3-4-7-18(17)22(24)25/h3-4,6-7,15-16H,5,8-14H2,1-2H3,(H,20,23). The second-order valence-electron chi connectivity index (χ2n) is 7.12. The molecule has 0 aromatic heterocycles. The van der Waals surface area contributed by atoms with E-state index in [1.54, 1.807) is 12.1 Å². The summed E-state index contributed by atoms with van der Waals surface area (Å²) in [6, 6.07) is 6.78. The van der Waals surface area contributed by atoms with Crippen molar-refractivity contribution in [2.75, 3.05) is 37.7 Å². The average Bonchev–Trinajstić information content (AvgIpc) is 2.64. The number of amides is 1. The number of para-hydroxylation sites is 2. The highest BCUT2D eigenvalue weighted by molar-refractivity contribution is 5.79. The number of hydrogen-bond donors (Lipinski definition) is 1. The van der Waals surface area contributed by atoms with E-state index in [9.17, 15) is 14.9 Å². The minimum atomic E-state index is -0.352. The van der Waals surface area contributed by atoms with E-state index >= 15 is 0 Å². The first-order valence-electron chi connectivity index (χ1n) is 9.33. The van der Waals surface area contributed by atoms with Crippen molar-refractivity contribution in [2.24, 2.45) is 11.8 Å². The Morgan fingerprint density at radius 2 is 2.04 bits per heavy atom. The molecule has 7 nitrogen and oxygen atoms in total. The molecule has 26 heavy (non-hydrogen) atoms. The number of nitro benzene ring substituents is 1. The summed E-state index contributed by atoms with van der Waals surface area (Å²) >= 11 is 0. The minimum Gasteiger partial charge on any atom is -0.381 e. The third kappa shape index (κ3) is 5.98. The molecule has 7 heteroatoms. The van der Waals surface area contributed by atoms with Gasteiger partial charge in [-0.2, -0.15) is 0 Å². The molecule has 1 amide bonds. The van der Waals surface area contributed by atoms with Gasteiger partial charge in [0.15, 0.2) is 0 Å². The summed E-state index contributed by atoms with van der Waals surface area (Å²) in [5.74, 6) is 0.580. The highest BCUT2D eigenvalue weighted by Gasteiger charge is 2.27. The number of nitrogens with one attached hydrogen (secondary N) is 1. The first kappa shape index (κ1) is 20.2. The number of ether oxygens (including phenoxy) is 1. The smallest absolute Gasteiger partial charge is 0.292 e. The fraction of sp³-hybridized carbons (Fsp3) is 0.632. The summed E-state index contributed by atoms with van der Waals surface area (Å²) < 4.78 is 5.50. The van der Waals surface area contributed by atoms with Gasteiger partial charge in [-0.05, 0) is 31.2 Å². The normalized spacial score (nSPS) is 15.3. The zero-order chi connectivity index (χ0) is 18.9. The van der Waals surface area contributed by atoms with Crippen molar-refractivity contribution >= 4 is 17.3 Å². The van der Waals surface area contributed by atoms with E-state index in [-0.39, 0.29) is 22.4 Å². The molecule has 0 bridgehead atoms. The lowest BCUT2D eigenvalue weighted by Crippen LogP contribution is -2.41. The van der Waals surface area contributed by atoms with Gasteiger partial charge in [0.1, 0.15) is 5.69 Å². The van der Waals surface area contributed by atoms with Gasteiger partial charge < -0.3 is 15.0 Å². The Morgan fingerprint density at radius 1 is 1.35 bits per heavy atom. The van der Waals surface area contributed by atoms with Crippen molar-refractivity contribution in [3.05, 3.63) is 34.4 Å². The van der Waals surface area contributed by atoms with E-state index < -0.39 is 0 Å². The van der Waals surface area contributed by atoms with Crippen molar-refractivity contribution in [3.63, 3.8) is 0 Å². The Hall–Kier alpha value is -2.15. The maximum Gasteiger partial charge on any atom is 0.292 e. The zero-order valence-electron chi connectivity index (χ0n) is 15.6. The molecule has 0 saturated carbocycles. The number of anilines is 1. The summed E-state index contributed by atoms with van der Waals surface area (Å²) in [7, 11) is 0. The van der Waals surface area contributed by atoms with Crippen LogP contribution in [0.15, 0.2) is 24.3 Å². The minimum absolute atomic E-state index is 0.0226. The monoisotopic (exact) mass is 363 g/mol. The van der Waals surface area contributed by atoms with Crippen LogP contribution in [0.3, 0.4) is 0 Å². The molecule has 0 radical (unpaired) electrons. The zero-order valence-corrected chi connectivity index (χ0v) is 15.6. The first-order valence-corrected chi connectivity index (χ1v) is 9.33. The second-order valence-corrected chi connectivity index (χ2v) is 7.12. The van der Waals surface area contributed by atoms with Crippen LogP contribution in [0.5, 0.6) is 0 Å². The van der Waals surface area contributed by atoms with Gasteiger partial charge in [-0.15, -0.1) is 0 Å². The lowest BCUT2D eigenvalue weighted by molar-refractivity contribution is -0.384. The molecule has 144 valence electrons. The SMILES string of the molecule is CC(C)COCCCNC(=O)C1CCN(c2ccccc2[N+](=O)[O-])CC1. The number of rotatable bonds is 9. The molecular formula is C19H29N3O4. The molecule has 1 aromatic carbocycles. The Bertz CT molecular complexity index is 598. The largest absolute Gasteiger partial charge is 0.381 e. The van der Waals surface area contributed by atoms with E-state index in [1.165, 1.54) is 6.07 Å². The van der Waals surface area contributed by atoms with Crippen LogP contribution in [-0.2, 0) is 9.53 Å². The Labute approximate surface area is 154 Å². The third-order valence-corrected chi connectivity index (χ3v) is 4.50. The van der Waals surface area contributed by atoms with Crippen molar-refractivity contribution in [2.45, 2.75) is 33.1 Å². The van der Waals surface area contributed by atoms with E-state index in [4.69, 9.17) is 4.74 Å². The fourth-order valence-electron chi connectivity index (χ4n) is 3.12. The van der Waals surface area contributed by atoms with Crippen molar-refractivity contribution in [1.82, 2.24) is 5.32 Å². The predicted octanol–water partition coefficient (Wildman–Crippen LogP) is 2.99. The van der Waals surface area contributed by atoms with Gasteiger partial charge in [0.05, 0.1) is 4.92 Å². The number of nitrogens with zero attached hydrogens (tertiary/aromatic N) is 2. The second kappa shape index (κ2) is 10.1. The molecule has 1 N–H and O–H groups in total. The van der Waals surface area contributed by atoms with Gasteiger partial charge in [0, 0.05) is 44.8 Å². The Kier molecular flexibility index (Phi) is 7.84. The Balaban J connectivity index is 1.73. The van der Waals surface area contributed by atoms with Gasteiger partial charge in [0.25, 0.3) is 5.69 Å². The number of benzene rings is 1. The highest BCUT2D eigenvalue weighted by atomic mass is 16.6. The van der Waals surface area contributed by atoms with Gasteiger partial charge >= 0.3 is 0 Å². The van der Waals surface area contributed by atoms with Gasteiger partial charge in [-0.25, -0.2) is 0 Å². The Morgan fingerprint density at radius 3 is 2.69 bits per heavy atom. The van der Waals surface area contributed by atoms with Crippen LogP contribution in [0.2, 0.25) is 0 Å². The summed E-state index contributed by atoms with van der Waals surface area (Å²) in [5.41, 5.74) is 0.760. The quantitative estimate of drug-likeness (QED) is 0.414. The molecule has 0 unspecified atom stereocenters. The molecule has 1 aliphatic heterocycles. The highest BCUT2D eigenvalue weighted by Crippen LogP contribution is 2.31. The number of nitro groups is 1. The summed E-state index contributed by atoms with van der Waals surface area (Å²) in [5, 5.41) is 14.2. The molecule has 1 aliphatic rings. The van der Waals surface area contributed by atoms with Crippen LogP contribution in [0.1, 0.15) is 33.1 Å². The number of carbonyl (C=O) groups is 1. The van der Waals surface area contributed by atoms with Crippen LogP contribution in [-0.4, -0.2) is 43.7 Å². The maximum atomic E-state index is 12.3. The topological polar surface area (TPSA) is 84.7 Å². The summed E-state index contributed by atoms with van der Waals surface area (Å²) in [6.45, 7) is 7.56. The maximum absolute atomic E-state index is 12.3. The van der Waals surface area contributed by atoms with E-state index in [2.05, 4.69) is 19.2 Å². The summed E-state index contributed by atoms with van der Waals surface area (Å²) in [6.07, 6.45) is 2.23. The molecule has 1 fully saturated rings. The van der Waals surface area contributed by atoms with Crippen molar-refractivity contribution in [3.8, 4) is 0 Å². The lowest BCUT2D eigenvalue weighted by atomic mass is 9.95. The lowest BCUT2D eigenvalue weighted by Gasteiger charge is -2.32. The molecule has 2 rings (SSSR count). The molecule has 0 spiro atoms. The van der Waals surface area contributed by atoms with Crippen LogP contribution < -0.4 is 10.2 Å². The number of piperidine rings is 1. The predicted molar refractivity (Wildman–Crippen MR) is 101 cm³/mol. The average molecular weight is 363 g/mol. The van der Waals surface area contributed by atoms with E-state index in [1.807, 2.05) is 11.0 Å². The first-order chi connectivity index (χ1) is 12.5. The van der Waals surface area contributed by atoms with E-state index in [0.717, 1.165) is 13.0 Å².